The number of hydrogen-bond acceptors (Lipinski definition) is 2. The SMILES string of the molecule is C=C(CNC(C)(C)C)COc1ccc(F)cc1Br. The minimum atomic E-state index is -0.289. The van der Waals surface area contributed by atoms with Crippen molar-refractivity contribution in [3.05, 3.63) is 40.6 Å². The lowest BCUT2D eigenvalue weighted by Gasteiger charge is -2.21. The molecule has 18 heavy (non-hydrogen) atoms. The maximum absolute atomic E-state index is 12.9. The first kappa shape index (κ1) is 15.2. The normalized spacial score (nSPS) is 11.4. The van der Waals surface area contributed by atoms with Crippen LogP contribution in [0.2, 0.25) is 0 Å². The quantitative estimate of drug-likeness (QED) is 0.832. The number of hydrogen-bond donors (Lipinski definition) is 1. The average Bonchev–Trinajstić information content (AvgIpc) is 2.24. The molecular weight excluding hydrogens is 297 g/mol. The van der Waals surface area contributed by atoms with Crippen molar-refractivity contribution in [1.29, 1.82) is 0 Å². The summed E-state index contributed by atoms with van der Waals surface area (Å²) in [5.74, 6) is 0.329. The summed E-state index contributed by atoms with van der Waals surface area (Å²) in [5.41, 5.74) is 1.00. The van der Waals surface area contributed by atoms with Gasteiger partial charge in [0.25, 0.3) is 0 Å². The Morgan fingerprint density at radius 1 is 1.44 bits per heavy atom. The van der Waals surface area contributed by atoms with Crippen LogP contribution in [-0.2, 0) is 0 Å². The van der Waals surface area contributed by atoms with E-state index < -0.39 is 0 Å². The van der Waals surface area contributed by atoms with Crippen LogP contribution in [0.15, 0.2) is 34.8 Å². The van der Waals surface area contributed by atoms with Gasteiger partial charge in [0.1, 0.15) is 18.2 Å². The van der Waals surface area contributed by atoms with E-state index >= 15 is 0 Å². The highest BCUT2D eigenvalue weighted by atomic mass is 79.9. The monoisotopic (exact) mass is 315 g/mol. The van der Waals surface area contributed by atoms with Crippen molar-refractivity contribution in [3.8, 4) is 5.75 Å². The summed E-state index contributed by atoms with van der Waals surface area (Å²) in [7, 11) is 0. The fraction of sp³-hybridized carbons (Fsp3) is 0.429. The van der Waals surface area contributed by atoms with E-state index in [0.717, 1.165) is 5.57 Å². The predicted octanol–water partition coefficient (Wildman–Crippen LogP) is 3.91. The fourth-order valence-electron chi connectivity index (χ4n) is 1.21. The molecule has 0 saturated carbocycles. The van der Waals surface area contributed by atoms with Crippen LogP contribution < -0.4 is 10.1 Å². The van der Waals surface area contributed by atoms with Gasteiger partial charge in [-0.2, -0.15) is 0 Å². The Balaban J connectivity index is 2.43. The first-order chi connectivity index (χ1) is 8.28. The summed E-state index contributed by atoms with van der Waals surface area (Å²) < 4.78 is 19.1. The van der Waals surface area contributed by atoms with E-state index in [4.69, 9.17) is 4.74 Å². The number of ether oxygens (including phenoxy) is 1. The van der Waals surface area contributed by atoms with Crippen molar-refractivity contribution in [2.24, 2.45) is 0 Å². The zero-order chi connectivity index (χ0) is 13.8. The third-order valence-electron chi connectivity index (χ3n) is 2.19. The summed E-state index contributed by atoms with van der Waals surface area (Å²) in [5, 5.41) is 3.33. The third kappa shape index (κ3) is 5.65. The van der Waals surface area contributed by atoms with Crippen LogP contribution in [0.3, 0.4) is 0 Å². The minimum Gasteiger partial charge on any atom is -0.488 e. The molecule has 0 amide bonds. The van der Waals surface area contributed by atoms with Crippen LogP contribution >= 0.6 is 15.9 Å². The van der Waals surface area contributed by atoms with E-state index in [2.05, 4.69) is 48.6 Å². The number of nitrogens with one attached hydrogen (secondary N) is 1. The van der Waals surface area contributed by atoms with Crippen LogP contribution in [0.5, 0.6) is 5.75 Å². The largest absolute Gasteiger partial charge is 0.488 e. The second-order valence-corrected chi connectivity index (χ2v) is 6.07. The summed E-state index contributed by atoms with van der Waals surface area (Å²) in [6.45, 7) is 11.3. The van der Waals surface area contributed by atoms with Crippen molar-refractivity contribution in [3.63, 3.8) is 0 Å². The molecule has 0 bridgehead atoms. The molecule has 0 saturated heterocycles. The molecule has 1 aromatic rings. The molecule has 0 aliphatic heterocycles. The van der Waals surface area contributed by atoms with Gasteiger partial charge in [0.15, 0.2) is 0 Å². The Kier molecular flexibility index (Phi) is 5.35. The van der Waals surface area contributed by atoms with Gasteiger partial charge < -0.3 is 10.1 Å². The second-order valence-electron chi connectivity index (χ2n) is 5.22. The van der Waals surface area contributed by atoms with E-state index in [1.165, 1.54) is 12.1 Å². The molecule has 0 atom stereocenters. The van der Waals surface area contributed by atoms with Gasteiger partial charge in [0.2, 0.25) is 0 Å². The van der Waals surface area contributed by atoms with Crippen LogP contribution in [0.4, 0.5) is 4.39 Å². The minimum absolute atomic E-state index is 0.0550. The van der Waals surface area contributed by atoms with E-state index in [0.29, 0.717) is 23.4 Å². The van der Waals surface area contributed by atoms with Crippen molar-refractivity contribution in [1.82, 2.24) is 5.32 Å². The summed E-state index contributed by atoms with van der Waals surface area (Å²) in [6.07, 6.45) is 0. The lowest BCUT2D eigenvalue weighted by Crippen LogP contribution is -2.37. The van der Waals surface area contributed by atoms with Gasteiger partial charge in [0.05, 0.1) is 4.47 Å². The fourth-order valence-corrected chi connectivity index (χ4v) is 1.68. The molecule has 1 rings (SSSR count). The first-order valence-corrected chi connectivity index (χ1v) is 6.57. The Labute approximate surface area is 116 Å². The van der Waals surface area contributed by atoms with E-state index in [1.54, 1.807) is 6.07 Å². The van der Waals surface area contributed by atoms with E-state index in [-0.39, 0.29) is 11.4 Å². The lowest BCUT2D eigenvalue weighted by molar-refractivity contribution is 0.339. The molecule has 2 nitrogen and oxygen atoms in total. The molecule has 0 aliphatic carbocycles. The van der Waals surface area contributed by atoms with Gasteiger partial charge in [-0.05, 0) is 60.5 Å². The topological polar surface area (TPSA) is 21.3 Å². The van der Waals surface area contributed by atoms with Gasteiger partial charge in [-0.15, -0.1) is 0 Å². The van der Waals surface area contributed by atoms with Crippen molar-refractivity contribution >= 4 is 15.9 Å². The van der Waals surface area contributed by atoms with Gasteiger partial charge in [-0.25, -0.2) is 4.39 Å². The number of halogens is 2. The highest BCUT2D eigenvalue weighted by Gasteiger charge is 2.09. The third-order valence-corrected chi connectivity index (χ3v) is 2.81. The highest BCUT2D eigenvalue weighted by molar-refractivity contribution is 9.10. The van der Waals surface area contributed by atoms with Crippen LogP contribution in [0.25, 0.3) is 0 Å². The van der Waals surface area contributed by atoms with E-state index in [9.17, 15) is 4.39 Å². The van der Waals surface area contributed by atoms with Crippen molar-refractivity contribution in [2.45, 2.75) is 26.3 Å². The molecule has 0 aromatic heterocycles. The molecule has 1 aromatic carbocycles. The lowest BCUT2D eigenvalue weighted by atomic mass is 10.1. The molecular formula is C14H19BrFNO. The smallest absolute Gasteiger partial charge is 0.134 e. The highest BCUT2D eigenvalue weighted by Crippen LogP contribution is 2.25. The van der Waals surface area contributed by atoms with E-state index in [1.807, 2.05) is 0 Å². The Morgan fingerprint density at radius 3 is 2.67 bits per heavy atom. The summed E-state index contributed by atoms with van der Waals surface area (Å²) >= 11 is 3.26. The van der Waals surface area contributed by atoms with Crippen molar-refractivity contribution < 1.29 is 9.13 Å². The van der Waals surface area contributed by atoms with Crippen LogP contribution in [-0.4, -0.2) is 18.7 Å². The molecule has 0 unspecified atom stereocenters. The Bertz CT molecular complexity index is 426. The van der Waals surface area contributed by atoms with Gasteiger partial charge in [-0.1, -0.05) is 6.58 Å². The summed E-state index contributed by atoms with van der Waals surface area (Å²) in [4.78, 5) is 0. The molecule has 0 heterocycles. The maximum Gasteiger partial charge on any atom is 0.134 e. The van der Waals surface area contributed by atoms with Crippen molar-refractivity contribution in [2.75, 3.05) is 13.2 Å². The van der Waals surface area contributed by atoms with Crippen LogP contribution in [0.1, 0.15) is 20.8 Å². The van der Waals surface area contributed by atoms with Gasteiger partial charge in [-0.3, -0.25) is 0 Å². The maximum atomic E-state index is 12.9. The Morgan fingerprint density at radius 2 is 2.11 bits per heavy atom. The molecule has 0 spiro atoms. The first-order valence-electron chi connectivity index (χ1n) is 5.77. The number of rotatable bonds is 5. The zero-order valence-electron chi connectivity index (χ0n) is 11.0. The predicted molar refractivity (Wildman–Crippen MR) is 76.5 cm³/mol. The molecule has 0 fully saturated rings. The molecule has 0 aliphatic rings. The van der Waals surface area contributed by atoms with Crippen LogP contribution in [0, 0.1) is 5.82 Å². The number of benzene rings is 1. The zero-order valence-corrected chi connectivity index (χ0v) is 12.6. The molecule has 1 N–H and O–H groups in total. The second kappa shape index (κ2) is 6.34. The molecule has 0 radical (unpaired) electrons. The van der Waals surface area contributed by atoms with Gasteiger partial charge in [0, 0.05) is 12.1 Å². The molecule has 100 valence electrons. The summed E-state index contributed by atoms with van der Waals surface area (Å²) in [6, 6.07) is 4.35. The molecule has 4 heteroatoms. The average molecular weight is 316 g/mol. The standard InChI is InChI=1S/C14H19BrFNO/c1-10(8-17-14(2,3)4)9-18-13-6-5-11(16)7-12(13)15/h5-7,17H,1,8-9H2,2-4H3. The van der Waals surface area contributed by atoms with Gasteiger partial charge >= 0.3 is 0 Å². The Hall–Kier alpha value is -0.870.